The van der Waals surface area contributed by atoms with Gasteiger partial charge in [-0.2, -0.15) is 0 Å². The lowest BCUT2D eigenvalue weighted by Crippen LogP contribution is -2.63. The van der Waals surface area contributed by atoms with E-state index < -0.39 is 23.8 Å². The number of fused-ring (bicyclic) bond motifs is 2. The molecule has 198 valence electrons. The molecule has 3 N–H and O–H groups in total. The maximum Gasteiger partial charge on any atom is 0.394 e. The molecule has 5 bridgehead atoms. The minimum atomic E-state index is -1.64. The van der Waals surface area contributed by atoms with E-state index in [-0.39, 0.29) is 22.8 Å². The first kappa shape index (κ1) is 24.4. The molecule has 1 spiro atoms. The molecule has 0 heterocycles. The lowest BCUT2D eigenvalue weighted by Gasteiger charge is -2.68. The number of hydrogen-bond acceptors (Lipinski definition) is 4. The van der Waals surface area contributed by atoms with Crippen LogP contribution in [0.25, 0.3) is 0 Å². The van der Waals surface area contributed by atoms with Crippen molar-refractivity contribution in [2.75, 3.05) is 10.2 Å². The van der Waals surface area contributed by atoms with Crippen molar-refractivity contribution < 1.29 is 29.4 Å². The van der Waals surface area contributed by atoms with Crippen LogP contribution in [0.3, 0.4) is 0 Å². The number of carbonyl (C=O) groups excluding carboxylic acids is 2. The lowest BCUT2D eigenvalue weighted by atomic mass is 9.38. The van der Waals surface area contributed by atoms with Gasteiger partial charge in [-0.1, -0.05) is 31.4 Å². The number of aliphatic carboxylic acids is 2. The van der Waals surface area contributed by atoms with Crippen molar-refractivity contribution in [3.8, 4) is 0 Å². The second kappa shape index (κ2) is 9.14. The molecule has 0 aliphatic heterocycles. The zero-order valence-corrected chi connectivity index (χ0v) is 21.1. The van der Waals surface area contributed by atoms with Crippen LogP contribution in [0.2, 0.25) is 0 Å². The number of hydrogen-bond donors (Lipinski definition) is 3. The van der Waals surface area contributed by atoms with Crippen LogP contribution in [-0.4, -0.2) is 40.0 Å². The summed E-state index contributed by atoms with van der Waals surface area (Å²) in [6.07, 6.45) is 13.2. The fraction of sp³-hybridized carbons (Fsp3) is 0.655. The Morgan fingerprint density at radius 2 is 1.46 bits per heavy atom. The molecule has 8 nitrogen and oxygen atoms in total. The van der Waals surface area contributed by atoms with Crippen molar-refractivity contribution >= 4 is 35.1 Å². The van der Waals surface area contributed by atoms with Crippen LogP contribution in [0.4, 0.5) is 11.4 Å². The summed E-state index contributed by atoms with van der Waals surface area (Å²) in [5.74, 6) is -1.11. The summed E-state index contributed by atoms with van der Waals surface area (Å²) in [6.45, 7) is 0. The van der Waals surface area contributed by atoms with Crippen LogP contribution in [0.1, 0.15) is 70.6 Å². The molecule has 1 aromatic rings. The third-order valence-corrected chi connectivity index (χ3v) is 10.5. The van der Waals surface area contributed by atoms with E-state index in [0.717, 1.165) is 42.9 Å². The number of anilines is 2. The molecule has 0 radical (unpaired) electrons. The van der Waals surface area contributed by atoms with Gasteiger partial charge in [-0.05, 0) is 104 Å². The predicted octanol–water partition coefficient (Wildman–Crippen LogP) is 4.54. The SMILES string of the molecule is O=C(O)C(=O)Nc1ccccc1N(C(=O)C(=O)O)C1C[C@H]2CC3CC(C3)(C1)C2C1CC2CCC[C@H](C2)C1. The molecule has 37 heavy (non-hydrogen) atoms. The van der Waals surface area contributed by atoms with Gasteiger partial charge in [0.2, 0.25) is 0 Å². The Morgan fingerprint density at radius 1 is 0.811 bits per heavy atom. The van der Waals surface area contributed by atoms with Gasteiger partial charge < -0.3 is 15.5 Å². The average Bonchev–Trinajstić information content (AvgIpc) is 2.83. The summed E-state index contributed by atoms with van der Waals surface area (Å²) in [5, 5.41) is 21.2. The summed E-state index contributed by atoms with van der Waals surface area (Å²) in [4.78, 5) is 49.6. The maximum atomic E-state index is 13.2. The first-order valence-corrected chi connectivity index (χ1v) is 13.9. The quantitative estimate of drug-likeness (QED) is 0.513. The summed E-state index contributed by atoms with van der Waals surface area (Å²) < 4.78 is 0. The summed E-state index contributed by atoms with van der Waals surface area (Å²) in [5.41, 5.74) is 0.551. The second-order valence-electron chi connectivity index (χ2n) is 12.6. The molecular weight excluding hydrogens is 472 g/mol. The monoisotopic (exact) mass is 508 g/mol. The topological polar surface area (TPSA) is 124 Å². The van der Waals surface area contributed by atoms with Crippen LogP contribution >= 0.6 is 0 Å². The highest BCUT2D eigenvalue weighted by Crippen LogP contribution is 2.70. The van der Waals surface area contributed by atoms with Gasteiger partial charge in [0.1, 0.15) is 0 Å². The fourth-order valence-corrected chi connectivity index (χ4v) is 9.75. The maximum absolute atomic E-state index is 13.2. The number of nitrogens with zero attached hydrogens (tertiary/aromatic N) is 1. The van der Waals surface area contributed by atoms with Gasteiger partial charge >= 0.3 is 23.8 Å². The number of nitrogens with one attached hydrogen (secondary N) is 1. The van der Waals surface area contributed by atoms with Gasteiger partial charge in [-0.3, -0.25) is 14.5 Å². The van der Waals surface area contributed by atoms with Crippen molar-refractivity contribution in [3.05, 3.63) is 24.3 Å². The molecule has 0 aromatic heterocycles. The molecule has 2 amide bonds. The van der Waals surface area contributed by atoms with Crippen LogP contribution in [0.15, 0.2) is 24.3 Å². The lowest BCUT2D eigenvalue weighted by molar-refractivity contribution is -0.171. The zero-order chi connectivity index (χ0) is 25.9. The van der Waals surface area contributed by atoms with Crippen LogP contribution in [0.5, 0.6) is 0 Å². The Labute approximate surface area is 216 Å². The van der Waals surface area contributed by atoms with Gasteiger partial charge in [0.05, 0.1) is 11.4 Å². The molecular formula is C29H36N2O6. The van der Waals surface area contributed by atoms with Crippen LogP contribution < -0.4 is 10.2 Å². The molecule has 1 aromatic carbocycles. The molecule has 6 fully saturated rings. The van der Waals surface area contributed by atoms with Gasteiger partial charge in [0.15, 0.2) is 0 Å². The Hall–Kier alpha value is -2.90. The molecule has 0 saturated heterocycles. The first-order valence-electron chi connectivity index (χ1n) is 13.9. The van der Waals surface area contributed by atoms with E-state index in [4.69, 9.17) is 5.11 Å². The minimum absolute atomic E-state index is 0.140. The van der Waals surface area contributed by atoms with Crippen molar-refractivity contribution in [2.45, 2.75) is 76.7 Å². The highest BCUT2D eigenvalue weighted by Gasteiger charge is 2.63. The van der Waals surface area contributed by atoms with Crippen molar-refractivity contribution in [1.82, 2.24) is 0 Å². The summed E-state index contributed by atoms with van der Waals surface area (Å²) in [7, 11) is 0. The average molecular weight is 509 g/mol. The molecule has 7 rings (SSSR count). The first-order chi connectivity index (χ1) is 17.7. The Bertz CT molecular complexity index is 1110. The fourth-order valence-electron chi connectivity index (χ4n) is 9.75. The summed E-state index contributed by atoms with van der Waals surface area (Å²) >= 11 is 0. The van der Waals surface area contributed by atoms with E-state index in [1.165, 1.54) is 62.3 Å². The minimum Gasteiger partial charge on any atom is -0.474 e. The van der Waals surface area contributed by atoms with Crippen LogP contribution in [0, 0.1) is 40.9 Å². The zero-order valence-electron chi connectivity index (χ0n) is 21.1. The smallest absolute Gasteiger partial charge is 0.394 e. The second-order valence-corrected chi connectivity index (χ2v) is 12.6. The van der Waals surface area contributed by atoms with E-state index in [2.05, 4.69) is 5.32 Å². The third-order valence-electron chi connectivity index (χ3n) is 10.5. The molecule has 8 heteroatoms. The Kier molecular flexibility index (Phi) is 6.03. The molecule has 6 aliphatic carbocycles. The van der Waals surface area contributed by atoms with E-state index >= 15 is 0 Å². The van der Waals surface area contributed by atoms with E-state index in [9.17, 15) is 24.3 Å². The van der Waals surface area contributed by atoms with Crippen LogP contribution in [-0.2, 0) is 19.2 Å². The summed E-state index contributed by atoms with van der Waals surface area (Å²) in [6, 6.07) is 6.13. The normalized spacial score (nSPS) is 37.6. The van der Waals surface area contributed by atoms with E-state index in [1.807, 2.05) is 0 Å². The number of rotatable bonds is 4. The van der Waals surface area contributed by atoms with E-state index in [0.29, 0.717) is 11.8 Å². The van der Waals surface area contributed by atoms with Crippen molar-refractivity contribution in [2.24, 2.45) is 40.9 Å². The van der Waals surface area contributed by atoms with Gasteiger partial charge in [-0.15, -0.1) is 0 Å². The van der Waals surface area contributed by atoms with Crippen molar-refractivity contribution in [3.63, 3.8) is 0 Å². The largest absolute Gasteiger partial charge is 0.474 e. The Morgan fingerprint density at radius 3 is 2.11 bits per heavy atom. The molecule has 4 unspecified atom stereocenters. The number of carbonyl (C=O) groups is 4. The highest BCUT2D eigenvalue weighted by molar-refractivity contribution is 6.39. The molecule has 6 aliphatic rings. The molecule has 6 saturated carbocycles. The number of carboxylic acid groups (broad SMARTS) is 2. The van der Waals surface area contributed by atoms with E-state index in [1.54, 1.807) is 18.2 Å². The number of benzene rings is 1. The van der Waals surface area contributed by atoms with Crippen molar-refractivity contribution in [1.29, 1.82) is 0 Å². The highest BCUT2D eigenvalue weighted by atomic mass is 16.4. The predicted molar refractivity (Wildman–Crippen MR) is 136 cm³/mol. The van der Waals surface area contributed by atoms with Gasteiger partial charge in [0, 0.05) is 6.04 Å². The standard InChI is InChI=1S/C29H36N2O6/c32-25(27(34)35)30-22-6-1-2-7-23(22)31(26(33)28(36)37)21-12-20-11-18-13-29(14-18,15-21)24(20)19-9-16-4-3-5-17(8-16)10-19/h1-2,6-7,16-21,24H,3-5,8-15H2,(H,30,32)(H,34,35)(H,36,37)/t16-,17?,18?,19?,20-,21?,24?,29?/m1/s1. The molecule has 6 atom stereocenters. The Balaban J connectivity index is 1.31. The number of carboxylic acids is 2. The third kappa shape index (κ3) is 4.22. The number of para-hydroxylation sites is 2. The van der Waals surface area contributed by atoms with Gasteiger partial charge in [-0.25, -0.2) is 9.59 Å². The number of amides is 2. The van der Waals surface area contributed by atoms with Gasteiger partial charge in [0.25, 0.3) is 0 Å².